The van der Waals surface area contributed by atoms with Crippen molar-refractivity contribution in [2.24, 2.45) is 5.41 Å². The van der Waals surface area contributed by atoms with Gasteiger partial charge in [-0.15, -0.1) is 11.3 Å². The predicted octanol–water partition coefficient (Wildman–Crippen LogP) is 3.82. The van der Waals surface area contributed by atoms with E-state index in [2.05, 4.69) is 0 Å². The third-order valence-electron chi connectivity index (χ3n) is 4.28. The minimum Gasteiger partial charge on any atom is -0.481 e. The smallest absolute Gasteiger partial charge is 0.309 e. The fourth-order valence-electron chi connectivity index (χ4n) is 2.90. The summed E-state index contributed by atoms with van der Waals surface area (Å²) in [5.74, 6) is -0.810. The van der Waals surface area contributed by atoms with E-state index < -0.39 is 11.4 Å². The first-order valence-corrected chi connectivity index (χ1v) is 8.43. The standard InChI is InChI=1S/C15H20ClNO3S/c1-3-4-15(14(19)20)5-7-17(8-6-15)13(18)12-11(16)10(2)9-21-12/h9H,3-8H2,1-2H3,(H,19,20). The predicted molar refractivity (Wildman–Crippen MR) is 84.2 cm³/mol. The molecular formula is C15H20ClNO3S. The minimum atomic E-state index is -0.735. The number of carboxylic acid groups (broad SMARTS) is 1. The van der Waals surface area contributed by atoms with E-state index in [4.69, 9.17) is 11.6 Å². The van der Waals surface area contributed by atoms with Crippen molar-refractivity contribution in [2.45, 2.75) is 39.5 Å². The fourth-order valence-corrected chi connectivity index (χ4v) is 4.15. The molecule has 1 saturated heterocycles. The normalized spacial score (nSPS) is 17.8. The zero-order chi connectivity index (χ0) is 15.6. The summed E-state index contributed by atoms with van der Waals surface area (Å²) in [4.78, 5) is 26.3. The first-order valence-electron chi connectivity index (χ1n) is 7.17. The third kappa shape index (κ3) is 3.09. The topological polar surface area (TPSA) is 57.6 Å². The second-order valence-electron chi connectivity index (χ2n) is 5.69. The van der Waals surface area contributed by atoms with Gasteiger partial charge < -0.3 is 10.0 Å². The van der Waals surface area contributed by atoms with Gasteiger partial charge in [-0.1, -0.05) is 24.9 Å². The first-order chi connectivity index (χ1) is 9.91. The highest BCUT2D eigenvalue weighted by Gasteiger charge is 2.41. The van der Waals surface area contributed by atoms with Crippen molar-refractivity contribution in [1.82, 2.24) is 4.90 Å². The van der Waals surface area contributed by atoms with Crippen LogP contribution in [0.2, 0.25) is 5.02 Å². The summed E-state index contributed by atoms with van der Waals surface area (Å²) in [5, 5.41) is 11.9. The molecule has 116 valence electrons. The Balaban J connectivity index is 2.08. The van der Waals surface area contributed by atoms with Gasteiger partial charge in [0, 0.05) is 13.1 Å². The Morgan fingerprint density at radius 1 is 1.43 bits per heavy atom. The number of carbonyl (C=O) groups is 2. The maximum absolute atomic E-state index is 12.5. The molecule has 1 fully saturated rings. The van der Waals surface area contributed by atoms with Crippen LogP contribution in [0.3, 0.4) is 0 Å². The zero-order valence-corrected chi connectivity index (χ0v) is 13.9. The van der Waals surface area contributed by atoms with Gasteiger partial charge in [-0.25, -0.2) is 0 Å². The molecule has 1 amide bonds. The van der Waals surface area contributed by atoms with Gasteiger partial charge in [0.15, 0.2) is 0 Å². The van der Waals surface area contributed by atoms with E-state index in [-0.39, 0.29) is 5.91 Å². The lowest BCUT2D eigenvalue weighted by atomic mass is 9.75. The molecule has 4 nitrogen and oxygen atoms in total. The van der Waals surface area contributed by atoms with Crippen molar-refractivity contribution < 1.29 is 14.7 Å². The molecule has 1 aromatic heterocycles. The molecule has 0 aliphatic carbocycles. The molecule has 1 aliphatic heterocycles. The van der Waals surface area contributed by atoms with E-state index >= 15 is 0 Å². The SMILES string of the molecule is CCCC1(C(=O)O)CCN(C(=O)c2scc(C)c2Cl)CC1. The molecular weight excluding hydrogens is 310 g/mol. The van der Waals surface area contributed by atoms with Crippen LogP contribution in [0.1, 0.15) is 47.8 Å². The summed E-state index contributed by atoms with van der Waals surface area (Å²) in [5.41, 5.74) is 0.244. The average Bonchev–Trinajstić information content (AvgIpc) is 2.79. The lowest BCUT2D eigenvalue weighted by Crippen LogP contribution is -2.46. The van der Waals surface area contributed by atoms with E-state index in [9.17, 15) is 14.7 Å². The van der Waals surface area contributed by atoms with Crippen LogP contribution in [-0.4, -0.2) is 35.0 Å². The maximum Gasteiger partial charge on any atom is 0.309 e. The van der Waals surface area contributed by atoms with Gasteiger partial charge in [0.25, 0.3) is 5.91 Å². The zero-order valence-electron chi connectivity index (χ0n) is 12.3. The number of likely N-dealkylation sites (tertiary alicyclic amines) is 1. The number of piperidine rings is 1. The molecule has 0 radical (unpaired) electrons. The molecule has 0 saturated carbocycles. The minimum absolute atomic E-state index is 0.0754. The molecule has 0 aromatic carbocycles. The first kappa shape index (κ1) is 16.3. The molecule has 1 aromatic rings. The largest absolute Gasteiger partial charge is 0.481 e. The van der Waals surface area contributed by atoms with Crippen LogP contribution < -0.4 is 0 Å². The molecule has 21 heavy (non-hydrogen) atoms. The second-order valence-corrected chi connectivity index (χ2v) is 6.95. The van der Waals surface area contributed by atoms with E-state index in [0.29, 0.717) is 42.3 Å². The number of aliphatic carboxylic acids is 1. The van der Waals surface area contributed by atoms with E-state index in [0.717, 1.165) is 12.0 Å². The van der Waals surface area contributed by atoms with Crippen LogP contribution in [0.5, 0.6) is 0 Å². The number of hydrogen-bond donors (Lipinski definition) is 1. The molecule has 0 spiro atoms. The molecule has 0 unspecified atom stereocenters. The number of aryl methyl sites for hydroxylation is 1. The van der Waals surface area contributed by atoms with Gasteiger partial charge in [-0.2, -0.15) is 0 Å². The summed E-state index contributed by atoms with van der Waals surface area (Å²) in [7, 11) is 0. The van der Waals surface area contributed by atoms with Crippen LogP contribution >= 0.6 is 22.9 Å². The quantitative estimate of drug-likeness (QED) is 0.913. The Bertz CT molecular complexity index is 547. The average molecular weight is 330 g/mol. The van der Waals surface area contributed by atoms with E-state index in [1.54, 1.807) is 4.90 Å². The highest BCUT2D eigenvalue weighted by atomic mass is 35.5. The lowest BCUT2D eigenvalue weighted by Gasteiger charge is -2.38. The van der Waals surface area contributed by atoms with Crippen molar-refractivity contribution in [3.8, 4) is 0 Å². The molecule has 0 atom stereocenters. The lowest BCUT2D eigenvalue weighted by molar-refractivity contribution is -0.152. The number of carboxylic acids is 1. The van der Waals surface area contributed by atoms with Crippen molar-refractivity contribution in [3.05, 3.63) is 20.8 Å². The maximum atomic E-state index is 12.5. The van der Waals surface area contributed by atoms with Gasteiger partial charge in [0.1, 0.15) is 4.88 Å². The van der Waals surface area contributed by atoms with Crippen molar-refractivity contribution >= 4 is 34.8 Å². The summed E-state index contributed by atoms with van der Waals surface area (Å²) in [6, 6.07) is 0. The van der Waals surface area contributed by atoms with E-state index in [1.807, 2.05) is 19.2 Å². The number of halogens is 1. The Hall–Kier alpha value is -1.07. The number of hydrogen-bond acceptors (Lipinski definition) is 3. The molecule has 0 bridgehead atoms. The van der Waals surface area contributed by atoms with Crippen LogP contribution in [0.4, 0.5) is 0 Å². The van der Waals surface area contributed by atoms with Crippen molar-refractivity contribution in [1.29, 1.82) is 0 Å². The Kier molecular flexibility index (Phi) is 4.94. The molecule has 2 rings (SSSR count). The molecule has 1 aliphatic rings. The van der Waals surface area contributed by atoms with Crippen LogP contribution in [-0.2, 0) is 4.79 Å². The van der Waals surface area contributed by atoms with Crippen LogP contribution in [0.25, 0.3) is 0 Å². The number of thiophene rings is 1. The monoisotopic (exact) mass is 329 g/mol. The second kappa shape index (κ2) is 6.36. The van der Waals surface area contributed by atoms with Crippen molar-refractivity contribution in [2.75, 3.05) is 13.1 Å². The number of rotatable bonds is 4. The number of nitrogens with zero attached hydrogens (tertiary/aromatic N) is 1. The van der Waals surface area contributed by atoms with Crippen molar-refractivity contribution in [3.63, 3.8) is 0 Å². The van der Waals surface area contributed by atoms with Crippen LogP contribution in [0, 0.1) is 12.3 Å². The summed E-state index contributed by atoms with van der Waals surface area (Å²) < 4.78 is 0. The third-order valence-corrected chi connectivity index (χ3v) is 5.97. The van der Waals surface area contributed by atoms with Gasteiger partial charge in [-0.3, -0.25) is 9.59 Å². The van der Waals surface area contributed by atoms with Crippen LogP contribution in [0.15, 0.2) is 5.38 Å². The van der Waals surface area contributed by atoms with Gasteiger partial charge in [0.2, 0.25) is 0 Å². The Labute approximate surface area is 133 Å². The van der Waals surface area contributed by atoms with Gasteiger partial charge in [0.05, 0.1) is 10.4 Å². The molecule has 6 heteroatoms. The highest BCUT2D eigenvalue weighted by Crippen LogP contribution is 2.37. The molecule has 1 N–H and O–H groups in total. The number of carbonyl (C=O) groups excluding carboxylic acids is 1. The molecule has 2 heterocycles. The summed E-state index contributed by atoms with van der Waals surface area (Å²) >= 11 is 7.50. The van der Waals surface area contributed by atoms with E-state index in [1.165, 1.54) is 11.3 Å². The number of amides is 1. The summed E-state index contributed by atoms with van der Waals surface area (Å²) in [6.07, 6.45) is 2.55. The van der Waals surface area contributed by atoms with Gasteiger partial charge in [-0.05, 0) is 37.1 Å². The highest BCUT2D eigenvalue weighted by molar-refractivity contribution is 7.13. The summed E-state index contributed by atoms with van der Waals surface area (Å²) in [6.45, 7) is 4.84. The Morgan fingerprint density at radius 3 is 2.48 bits per heavy atom. The Morgan fingerprint density at radius 2 is 2.05 bits per heavy atom. The fraction of sp³-hybridized carbons (Fsp3) is 0.600. The van der Waals surface area contributed by atoms with Gasteiger partial charge >= 0.3 is 5.97 Å².